The normalized spacial score (nSPS) is 22.1. The van der Waals surface area contributed by atoms with Crippen molar-refractivity contribution >= 4 is 23.2 Å². The average molecular weight is 521 g/mol. The van der Waals surface area contributed by atoms with Crippen LogP contribution < -0.4 is 5.32 Å². The highest BCUT2D eigenvalue weighted by atomic mass is 35.5. The third-order valence-electron chi connectivity index (χ3n) is 8.91. The first-order valence-electron chi connectivity index (χ1n) is 13.9. The molecule has 3 aromatic carbocycles. The van der Waals surface area contributed by atoms with Gasteiger partial charge >= 0.3 is 0 Å². The van der Waals surface area contributed by atoms with E-state index in [4.69, 9.17) is 23.2 Å². The number of rotatable bonds is 9. The van der Waals surface area contributed by atoms with Crippen LogP contribution in [-0.4, -0.2) is 12.1 Å². The second-order valence-corrected chi connectivity index (χ2v) is 12.0. The lowest BCUT2D eigenvalue weighted by molar-refractivity contribution is 0.159. The van der Waals surface area contributed by atoms with Crippen molar-refractivity contribution in [2.24, 2.45) is 5.41 Å². The number of aryl methyl sites for hydroxylation is 2. The molecule has 0 aliphatic heterocycles. The van der Waals surface area contributed by atoms with Gasteiger partial charge in [0.1, 0.15) is 0 Å². The van der Waals surface area contributed by atoms with Gasteiger partial charge in [-0.2, -0.15) is 0 Å². The van der Waals surface area contributed by atoms with E-state index >= 15 is 0 Å². The summed E-state index contributed by atoms with van der Waals surface area (Å²) in [6, 6.07) is 29.4. The average Bonchev–Trinajstić information content (AvgIpc) is 3.27. The van der Waals surface area contributed by atoms with Gasteiger partial charge in [0, 0.05) is 22.1 Å². The summed E-state index contributed by atoms with van der Waals surface area (Å²) in [5, 5.41) is 5.94. The van der Waals surface area contributed by atoms with Crippen molar-refractivity contribution in [3.63, 3.8) is 0 Å². The molecule has 2 atom stereocenters. The summed E-state index contributed by atoms with van der Waals surface area (Å²) < 4.78 is 0. The summed E-state index contributed by atoms with van der Waals surface area (Å²) in [4.78, 5) is 0. The fourth-order valence-electron chi connectivity index (χ4n) is 6.84. The van der Waals surface area contributed by atoms with Gasteiger partial charge in [-0.3, -0.25) is 0 Å². The topological polar surface area (TPSA) is 12.0 Å². The van der Waals surface area contributed by atoms with E-state index in [-0.39, 0.29) is 5.41 Å². The van der Waals surface area contributed by atoms with E-state index in [2.05, 4.69) is 59.9 Å². The maximum absolute atomic E-state index is 6.19. The summed E-state index contributed by atoms with van der Waals surface area (Å²) in [7, 11) is 0. The molecule has 0 aromatic heterocycles. The number of hydrogen-bond donors (Lipinski definition) is 1. The lowest BCUT2D eigenvalue weighted by Gasteiger charge is -2.42. The van der Waals surface area contributed by atoms with E-state index < -0.39 is 0 Å². The van der Waals surface area contributed by atoms with E-state index in [0.717, 1.165) is 22.9 Å². The zero-order chi connectivity index (χ0) is 24.8. The monoisotopic (exact) mass is 519 g/mol. The molecular weight excluding hydrogens is 481 g/mol. The molecule has 36 heavy (non-hydrogen) atoms. The maximum atomic E-state index is 6.19. The van der Waals surface area contributed by atoms with Crippen molar-refractivity contribution in [3.8, 4) is 0 Å². The molecule has 2 fully saturated rings. The van der Waals surface area contributed by atoms with Crippen LogP contribution >= 0.6 is 23.2 Å². The van der Waals surface area contributed by atoms with E-state index in [1.54, 1.807) is 0 Å². The Morgan fingerprint density at radius 3 is 1.78 bits per heavy atom. The molecule has 0 radical (unpaired) electrons. The van der Waals surface area contributed by atoms with Gasteiger partial charge in [-0.25, -0.2) is 0 Å². The van der Waals surface area contributed by atoms with Crippen LogP contribution in [0.3, 0.4) is 0 Å². The van der Waals surface area contributed by atoms with Crippen LogP contribution in [0.4, 0.5) is 0 Å². The number of benzene rings is 3. The molecule has 0 unspecified atom stereocenters. The number of nitrogens with one attached hydrogen (secondary N) is 1. The zero-order valence-corrected chi connectivity index (χ0v) is 22.8. The Hall–Kier alpha value is -1.80. The second kappa shape index (κ2) is 12.2. The number of hydrogen-bond acceptors (Lipinski definition) is 1. The molecular formula is C33H39Cl2N. The van der Waals surface area contributed by atoms with Crippen molar-refractivity contribution in [1.82, 2.24) is 5.32 Å². The Morgan fingerprint density at radius 1 is 0.667 bits per heavy atom. The molecule has 3 heteroatoms. The van der Waals surface area contributed by atoms with Gasteiger partial charge in [0.25, 0.3) is 0 Å². The van der Waals surface area contributed by atoms with Gasteiger partial charge in [-0.1, -0.05) is 97.1 Å². The summed E-state index contributed by atoms with van der Waals surface area (Å²) >= 11 is 12.4. The van der Waals surface area contributed by atoms with E-state index in [1.165, 1.54) is 74.5 Å². The molecule has 2 aliphatic rings. The van der Waals surface area contributed by atoms with E-state index in [1.807, 2.05) is 24.3 Å². The Kier molecular flexibility index (Phi) is 8.73. The molecule has 1 N–H and O–H groups in total. The third-order valence-corrected chi connectivity index (χ3v) is 9.42. The van der Waals surface area contributed by atoms with Gasteiger partial charge in [0.15, 0.2) is 0 Å². The van der Waals surface area contributed by atoms with E-state index in [0.29, 0.717) is 18.0 Å². The van der Waals surface area contributed by atoms with Gasteiger partial charge in [0.2, 0.25) is 0 Å². The molecule has 5 rings (SSSR count). The lowest BCUT2D eigenvalue weighted by atomic mass is 9.71. The largest absolute Gasteiger partial charge is 0.310 e. The smallest absolute Gasteiger partial charge is 0.0406 e. The highest BCUT2D eigenvalue weighted by Crippen LogP contribution is 2.52. The molecule has 1 nitrogen and oxygen atoms in total. The van der Waals surface area contributed by atoms with Crippen molar-refractivity contribution in [1.29, 1.82) is 0 Å². The molecule has 2 aliphatic carbocycles. The molecule has 0 amide bonds. The summed E-state index contributed by atoms with van der Waals surface area (Å²) in [5.74, 6) is 0.573. The predicted molar refractivity (Wildman–Crippen MR) is 154 cm³/mol. The highest BCUT2D eigenvalue weighted by molar-refractivity contribution is 6.30. The minimum Gasteiger partial charge on any atom is -0.310 e. The fourth-order valence-corrected chi connectivity index (χ4v) is 7.09. The van der Waals surface area contributed by atoms with Crippen LogP contribution in [0, 0.1) is 5.41 Å². The van der Waals surface area contributed by atoms with Crippen molar-refractivity contribution in [3.05, 3.63) is 106 Å². The van der Waals surface area contributed by atoms with Crippen LogP contribution in [-0.2, 0) is 12.8 Å². The van der Waals surface area contributed by atoms with Crippen LogP contribution in [0.5, 0.6) is 0 Å². The van der Waals surface area contributed by atoms with Crippen LogP contribution in [0.2, 0.25) is 10.0 Å². The third kappa shape index (κ3) is 6.36. The molecule has 0 heterocycles. The van der Waals surface area contributed by atoms with Gasteiger partial charge < -0.3 is 5.32 Å². The SMILES string of the molecule is Clc1ccc(CCC2(CCc3ccc(Cl)cc3)CC[C@@H](c3ccccc3)[C@@H]2NC2CCCCC2)cc1. The molecule has 0 saturated heterocycles. The predicted octanol–water partition coefficient (Wildman–Crippen LogP) is 9.41. The first-order valence-corrected chi connectivity index (χ1v) is 14.7. The zero-order valence-electron chi connectivity index (χ0n) is 21.3. The lowest BCUT2D eigenvalue weighted by Crippen LogP contribution is -2.49. The Labute approximate surface area is 227 Å². The van der Waals surface area contributed by atoms with Gasteiger partial charge in [-0.05, 0) is 104 Å². The van der Waals surface area contributed by atoms with Crippen LogP contribution in [0.1, 0.15) is 80.4 Å². The Bertz CT molecular complexity index is 1020. The summed E-state index contributed by atoms with van der Waals surface area (Å²) in [6.45, 7) is 0. The first kappa shape index (κ1) is 25.8. The standard InChI is InChI=1S/C33H39Cl2N/c34-28-15-11-25(12-16-28)19-22-33(23-20-26-13-17-29(35)18-14-26)24-21-31(27-7-3-1-4-8-27)32(33)36-30-9-5-2-6-10-30/h1,3-4,7-8,11-18,30-32,36H,2,5-6,9-10,19-24H2/t31-,32-/m0/s1. The van der Waals surface area contributed by atoms with Crippen molar-refractivity contribution < 1.29 is 0 Å². The first-order chi connectivity index (χ1) is 17.6. The van der Waals surface area contributed by atoms with E-state index in [9.17, 15) is 0 Å². The van der Waals surface area contributed by atoms with Crippen LogP contribution in [0.15, 0.2) is 78.9 Å². The van der Waals surface area contributed by atoms with Crippen molar-refractivity contribution in [2.75, 3.05) is 0 Å². The quantitative estimate of drug-likeness (QED) is 0.296. The fraction of sp³-hybridized carbons (Fsp3) is 0.455. The number of halogens is 2. The minimum atomic E-state index is 0.261. The maximum Gasteiger partial charge on any atom is 0.0406 e. The van der Waals surface area contributed by atoms with Gasteiger partial charge in [0.05, 0.1) is 0 Å². The molecule has 190 valence electrons. The molecule has 2 saturated carbocycles. The molecule has 0 bridgehead atoms. The summed E-state index contributed by atoms with van der Waals surface area (Å²) in [5.41, 5.74) is 4.55. The molecule has 3 aromatic rings. The van der Waals surface area contributed by atoms with Crippen LogP contribution in [0.25, 0.3) is 0 Å². The highest BCUT2D eigenvalue weighted by Gasteiger charge is 2.48. The summed E-state index contributed by atoms with van der Waals surface area (Å²) in [6.07, 6.45) is 13.9. The van der Waals surface area contributed by atoms with Gasteiger partial charge in [-0.15, -0.1) is 0 Å². The minimum absolute atomic E-state index is 0.261. The Balaban J connectivity index is 1.44. The second-order valence-electron chi connectivity index (χ2n) is 11.2. The van der Waals surface area contributed by atoms with Crippen molar-refractivity contribution in [2.45, 2.75) is 88.6 Å². The Morgan fingerprint density at radius 2 is 1.22 bits per heavy atom. The molecule has 0 spiro atoms.